The van der Waals surface area contributed by atoms with Gasteiger partial charge in [-0.25, -0.2) is 9.18 Å². The Morgan fingerprint density at radius 1 is 1.65 bits per heavy atom. The summed E-state index contributed by atoms with van der Waals surface area (Å²) < 4.78 is 12.8. The van der Waals surface area contributed by atoms with E-state index < -0.39 is 17.3 Å². The number of nitrogens with one attached hydrogen (secondary N) is 1. The molecule has 2 rings (SSSR count). The van der Waals surface area contributed by atoms with E-state index >= 15 is 0 Å². The molecule has 0 bridgehead atoms. The van der Waals surface area contributed by atoms with Gasteiger partial charge in [-0.3, -0.25) is 10.3 Å². The predicted molar refractivity (Wildman–Crippen MR) is 60.0 cm³/mol. The van der Waals surface area contributed by atoms with Gasteiger partial charge in [0.05, 0.1) is 11.9 Å². The first kappa shape index (κ1) is 12.0. The van der Waals surface area contributed by atoms with Gasteiger partial charge in [-0.15, -0.1) is 0 Å². The van der Waals surface area contributed by atoms with Gasteiger partial charge in [0, 0.05) is 6.04 Å². The lowest BCUT2D eigenvalue weighted by molar-refractivity contribution is -0.146. The molecule has 1 aromatic rings. The van der Waals surface area contributed by atoms with Crippen LogP contribution in [0.15, 0.2) is 18.3 Å². The molecule has 0 saturated heterocycles. The average Bonchev–Trinajstić information content (AvgIpc) is 3.10. The Bertz CT molecular complexity index is 417. The van der Waals surface area contributed by atoms with E-state index in [1.165, 1.54) is 12.1 Å². The molecule has 1 heterocycles. The Balaban J connectivity index is 2.36. The van der Waals surface area contributed by atoms with E-state index in [-0.39, 0.29) is 6.04 Å². The van der Waals surface area contributed by atoms with Crippen molar-refractivity contribution >= 4 is 5.97 Å². The maximum absolute atomic E-state index is 12.8. The molecular weight excluding hydrogens is 223 g/mol. The van der Waals surface area contributed by atoms with Crippen molar-refractivity contribution in [2.45, 2.75) is 37.8 Å². The predicted octanol–water partition coefficient (Wildman–Crippen LogP) is 1.66. The zero-order valence-corrected chi connectivity index (χ0v) is 9.61. The van der Waals surface area contributed by atoms with Crippen molar-refractivity contribution in [1.82, 2.24) is 10.3 Å². The van der Waals surface area contributed by atoms with Gasteiger partial charge in [-0.2, -0.15) is 0 Å². The van der Waals surface area contributed by atoms with E-state index in [1.54, 1.807) is 6.92 Å². The molecular formula is C12H15FN2O2. The molecule has 1 aliphatic carbocycles. The highest BCUT2D eigenvalue weighted by atomic mass is 19.1. The van der Waals surface area contributed by atoms with Gasteiger partial charge in [0.15, 0.2) is 5.54 Å². The molecule has 92 valence electrons. The summed E-state index contributed by atoms with van der Waals surface area (Å²) in [7, 11) is 0. The second-order valence-corrected chi connectivity index (χ2v) is 4.34. The van der Waals surface area contributed by atoms with Crippen LogP contribution in [0.2, 0.25) is 0 Å². The van der Waals surface area contributed by atoms with Crippen LogP contribution < -0.4 is 5.32 Å². The summed E-state index contributed by atoms with van der Waals surface area (Å²) in [6.07, 6.45) is 3.39. The molecule has 0 spiro atoms. The molecule has 4 nitrogen and oxygen atoms in total. The number of rotatable bonds is 5. The van der Waals surface area contributed by atoms with Gasteiger partial charge in [0.2, 0.25) is 0 Å². The molecule has 17 heavy (non-hydrogen) atoms. The molecule has 0 amide bonds. The van der Waals surface area contributed by atoms with Gasteiger partial charge >= 0.3 is 5.97 Å². The minimum Gasteiger partial charge on any atom is -0.480 e. The zero-order chi connectivity index (χ0) is 12.5. The number of carboxylic acid groups (broad SMARTS) is 1. The Hall–Kier alpha value is -1.49. The van der Waals surface area contributed by atoms with E-state index in [2.05, 4.69) is 10.3 Å². The first-order valence-electron chi connectivity index (χ1n) is 5.71. The quantitative estimate of drug-likeness (QED) is 0.819. The molecule has 1 saturated carbocycles. The van der Waals surface area contributed by atoms with Crippen molar-refractivity contribution in [3.63, 3.8) is 0 Å². The van der Waals surface area contributed by atoms with Crippen molar-refractivity contribution in [2.24, 2.45) is 0 Å². The standard InChI is InChI=1S/C12H15FN2O2/c1-2-12(11(16)17,15-9-4-5-9)10-6-3-8(13)7-14-10/h3,6-7,9,15H,2,4-5H2,1H3,(H,16,17). The third-order valence-electron chi connectivity index (χ3n) is 3.09. The molecule has 0 aromatic carbocycles. The van der Waals surface area contributed by atoms with Crippen molar-refractivity contribution < 1.29 is 14.3 Å². The second kappa shape index (κ2) is 4.41. The summed E-state index contributed by atoms with van der Waals surface area (Å²) in [4.78, 5) is 15.4. The Morgan fingerprint density at radius 2 is 2.35 bits per heavy atom. The van der Waals surface area contributed by atoms with Crippen molar-refractivity contribution in [1.29, 1.82) is 0 Å². The summed E-state index contributed by atoms with van der Waals surface area (Å²) in [6.45, 7) is 1.79. The van der Waals surface area contributed by atoms with E-state index in [1.807, 2.05) is 0 Å². The Labute approximate surface area is 98.9 Å². The van der Waals surface area contributed by atoms with Crippen LogP contribution >= 0.6 is 0 Å². The fourth-order valence-corrected chi connectivity index (χ4v) is 1.88. The molecule has 1 aromatic heterocycles. The largest absolute Gasteiger partial charge is 0.480 e. The normalized spacial score (nSPS) is 18.7. The Kier molecular flexibility index (Phi) is 3.11. The number of aliphatic carboxylic acids is 1. The van der Waals surface area contributed by atoms with Crippen LogP contribution in [0.3, 0.4) is 0 Å². The van der Waals surface area contributed by atoms with Crippen molar-refractivity contribution in [3.05, 3.63) is 29.8 Å². The molecule has 5 heteroatoms. The number of nitrogens with zero attached hydrogens (tertiary/aromatic N) is 1. The number of aromatic nitrogens is 1. The summed E-state index contributed by atoms with van der Waals surface area (Å²) in [5, 5.41) is 12.5. The van der Waals surface area contributed by atoms with Crippen LogP contribution in [0.5, 0.6) is 0 Å². The second-order valence-electron chi connectivity index (χ2n) is 4.34. The summed E-state index contributed by atoms with van der Waals surface area (Å²) in [5.41, 5.74) is -0.838. The minimum absolute atomic E-state index is 0.234. The van der Waals surface area contributed by atoms with Gasteiger partial charge < -0.3 is 5.11 Å². The van der Waals surface area contributed by atoms with E-state index in [0.29, 0.717) is 12.1 Å². The van der Waals surface area contributed by atoms with Crippen LogP contribution in [0.25, 0.3) is 0 Å². The summed E-state index contributed by atoms with van der Waals surface area (Å²) in [5.74, 6) is -1.43. The smallest absolute Gasteiger partial charge is 0.330 e. The van der Waals surface area contributed by atoms with E-state index in [0.717, 1.165) is 19.0 Å². The van der Waals surface area contributed by atoms with Crippen LogP contribution in [-0.2, 0) is 10.3 Å². The minimum atomic E-state index is -1.20. The number of hydrogen-bond donors (Lipinski definition) is 2. The molecule has 1 unspecified atom stereocenters. The van der Waals surface area contributed by atoms with Crippen LogP contribution in [-0.4, -0.2) is 22.1 Å². The fraction of sp³-hybridized carbons (Fsp3) is 0.500. The lowest BCUT2D eigenvalue weighted by Crippen LogP contribution is -2.50. The van der Waals surface area contributed by atoms with Gasteiger partial charge in [-0.05, 0) is 31.4 Å². The number of carboxylic acids is 1. The van der Waals surface area contributed by atoms with Crippen molar-refractivity contribution in [2.75, 3.05) is 0 Å². The molecule has 0 radical (unpaired) electrons. The highest BCUT2D eigenvalue weighted by molar-refractivity contribution is 5.80. The molecule has 1 aliphatic rings. The van der Waals surface area contributed by atoms with Crippen molar-refractivity contribution in [3.8, 4) is 0 Å². The number of hydrogen-bond acceptors (Lipinski definition) is 3. The third kappa shape index (κ3) is 2.29. The molecule has 0 aliphatic heterocycles. The monoisotopic (exact) mass is 238 g/mol. The third-order valence-corrected chi connectivity index (χ3v) is 3.09. The number of pyridine rings is 1. The van der Waals surface area contributed by atoms with E-state index in [9.17, 15) is 14.3 Å². The Morgan fingerprint density at radius 3 is 2.76 bits per heavy atom. The fourth-order valence-electron chi connectivity index (χ4n) is 1.88. The first-order chi connectivity index (χ1) is 8.08. The highest BCUT2D eigenvalue weighted by Gasteiger charge is 2.43. The van der Waals surface area contributed by atoms with Crippen LogP contribution in [0.4, 0.5) is 4.39 Å². The van der Waals surface area contributed by atoms with E-state index in [4.69, 9.17) is 0 Å². The number of halogens is 1. The van der Waals surface area contributed by atoms with Gasteiger partial charge in [-0.1, -0.05) is 6.92 Å². The highest BCUT2D eigenvalue weighted by Crippen LogP contribution is 2.30. The van der Waals surface area contributed by atoms with Crippen LogP contribution in [0.1, 0.15) is 31.9 Å². The van der Waals surface area contributed by atoms with Gasteiger partial charge in [0.25, 0.3) is 0 Å². The maximum Gasteiger partial charge on any atom is 0.330 e. The molecule has 2 N–H and O–H groups in total. The summed E-state index contributed by atoms with van der Waals surface area (Å²) >= 11 is 0. The lowest BCUT2D eigenvalue weighted by Gasteiger charge is -2.29. The first-order valence-corrected chi connectivity index (χ1v) is 5.71. The van der Waals surface area contributed by atoms with Gasteiger partial charge in [0.1, 0.15) is 5.82 Å². The zero-order valence-electron chi connectivity index (χ0n) is 9.61. The summed E-state index contributed by atoms with van der Waals surface area (Å²) in [6, 6.07) is 2.91. The average molecular weight is 238 g/mol. The van der Waals surface area contributed by atoms with Crippen LogP contribution in [0, 0.1) is 5.82 Å². The molecule has 1 fully saturated rings. The SMILES string of the molecule is CCC(NC1CC1)(C(=O)O)c1ccc(F)cn1. The lowest BCUT2D eigenvalue weighted by atomic mass is 9.91. The maximum atomic E-state index is 12.8. The molecule has 1 atom stereocenters. The number of carbonyl (C=O) groups is 1. The topological polar surface area (TPSA) is 62.2 Å².